The lowest BCUT2D eigenvalue weighted by Crippen LogP contribution is -2.19. The van der Waals surface area contributed by atoms with E-state index in [4.69, 9.17) is 5.11 Å². The van der Waals surface area contributed by atoms with Gasteiger partial charge in [-0.05, 0) is 0 Å². The van der Waals surface area contributed by atoms with Gasteiger partial charge in [0.1, 0.15) is 0 Å². The molecule has 0 aromatic carbocycles. The van der Waals surface area contributed by atoms with Crippen molar-refractivity contribution in [3.63, 3.8) is 0 Å². The second-order valence-corrected chi connectivity index (χ2v) is 1.18. The topological polar surface area (TPSA) is 49.7 Å². The minimum absolute atomic E-state index is 1.59. The van der Waals surface area contributed by atoms with Gasteiger partial charge >= 0.3 is 18.2 Å². The van der Waals surface area contributed by atoms with Crippen LogP contribution in [0.2, 0.25) is 0 Å². The molecule has 0 bridgehead atoms. The highest BCUT2D eigenvalue weighted by atomic mass is 19.4. The summed E-state index contributed by atoms with van der Waals surface area (Å²) in [4.78, 5) is 10.9. The maximum atomic E-state index is 11.4. The molecule has 0 saturated carbocycles. The molecule has 0 atom stereocenters. The van der Waals surface area contributed by atoms with Gasteiger partial charge in [0, 0.05) is 0 Å². The van der Waals surface area contributed by atoms with Crippen LogP contribution in [0.15, 0.2) is 4.99 Å². The average molecular weight is 159 g/mol. The van der Waals surface area contributed by atoms with Crippen LogP contribution < -0.4 is 0 Å². The number of aliphatic imine (C=N–C) groups is 1. The lowest BCUT2D eigenvalue weighted by atomic mass is 10.7. The first-order valence-electron chi connectivity index (χ1n) is 1.88. The van der Waals surface area contributed by atoms with Crippen molar-refractivity contribution in [2.24, 2.45) is 4.99 Å². The Morgan fingerprint density at radius 3 is 1.90 bits per heavy atom. The molecule has 0 aliphatic heterocycles. The second-order valence-electron chi connectivity index (χ2n) is 1.18. The molecule has 0 aromatic rings. The summed E-state index contributed by atoms with van der Waals surface area (Å²) in [5, 5.41) is 7.52. The van der Waals surface area contributed by atoms with Crippen LogP contribution >= 0.6 is 0 Å². The number of carbonyl (C=O) groups is 1. The van der Waals surface area contributed by atoms with Crippen molar-refractivity contribution in [3.8, 4) is 0 Å². The van der Waals surface area contributed by atoms with Gasteiger partial charge in [0.15, 0.2) is 0 Å². The van der Waals surface area contributed by atoms with E-state index in [1.807, 2.05) is 0 Å². The van der Waals surface area contributed by atoms with Gasteiger partial charge in [-0.25, -0.2) is 4.79 Å². The van der Waals surface area contributed by atoms with E-state index in [-0.39, 0.29) is 0 Å². The first kappa shape index (κ1) is 8.86. The fraction of sp³-hybridized carbons (Fsp3) is 0.333. The molecule has 0 unspecified atom stereocenters. The van der Waals surface area contributed by atoms with Gasteiger partial charge in [0.2, 0.25) is 0 Å². The molecule has 0 fully saturated rings. The zero-order valence-electron chi connectivity index (χ0n) is 4.31. The largest absolute Gasteiger partial charge is 0.463 e. The predicted octanol–water partition coefficient (Wildman–Crippen LogP) is 1.59. The van der Waals surface area contributed by atoms with E-state index in [0.29, 0.717) is 0 Å². The minimum Gasteiger partial charge on any atom is -0.463 e. The molecule has 0 spiro atoms. The second kappa shape index (κ2) is 2.63. The van der Waals surface area contributed by atoms with Crippen molar-refractivity contribution in [1.29, 1.82) is 0 Å². The Morgan fingerprint density at radius 2 is 1.80 bits per heavy atom. The fourth-order valence-electron chi connectivity index (χ4n) is 0.147. The Labute approximate surface area is 52.0 Å². The molecule has 0 saturated heterocycles. The van der Waals surface area contributed by atoms with Gasteiger partial charge in [-0.15, -0.1) is 4.99 Å². The molecule has 58 valence electrons. The Kier molecular flexibility index (Phi) is 2.33. The lowest BCUT2D eigenvalue weighted by Gasteiger charge is -1.97. The molecule has 0 heterocycles. The van der Waals surface area contributed by atoms with E-state index in [1.54, 1.807) is 4.99 Å². The smallest absolute Gasteiger partial charge is 0.461 e. The summed E-state index contributed by atoms with van der Waals surface area (Å²) in [5.74, 6) is -2.86. The number of hydrogen-bond acceptors (Lipinski definition) is 1. The van der Waals surface area contributed by atoms with Crippen LogP contribution in [0.1, 0.15) is 0 Å². The SMILES string of the molecule is O=C(O)/N=C(\F)C(F)(F)F. The van der Waals surface area contributed by atoms with Crippen molar-refractivity contribution in [2.45, 2.75) is 6.18 Å². The zero-order valence-corrected chi connectivity index (χ0v) is 4.31. The third-order valence-electron chi connectivity index (χ3n) is 0.428. The molecule has 0 aromatic heterocycles. The molecule has 7 heteroatoms. The standard InChI is InChI=1S/C3HF4NO2/c4-1(3(5,6)7)8-2(9)10/h(H,9,10)/b8-1-. The Balaban J connectivity index is 4.35. The number of halogens is 4. The van der Waals surface area contributed by atoms with Gasteiger partial charge in [-0.2, -0.15) is 17.6 Å². The van der Waals surface area contributed by atoms with Gasteiger partial charge < -0.3 is 5.11 Å². The van der Waals surface area contributed by atoms with Crippen LogP contribution in [-0.4, -0.2) is 23.3 Å². The highest BCUT2D eigenvalue weighted by Crippen LogP contribution is 2.17. The first-order valence-corrected chi connectivity index (χ1v) is 1.88. The normalized spacial score (nSPS) is 13.4. The number of amides is 1. The average Bonchev–Trinajstić information content (AvgIpc) is 1.60. The van der Waals surface area contributed by atoms with E-state index >= 15 is 0 Å². The molecule has 0 aliphatic carbocycles. The van der Waals surface area contributed by atoms with Crippen molar-refractivity contribution in [1.82, 2.24) is 0 Å². The van der Waals surface area contributed by atoms with Gasteiger partial charge in [0.25, 0.3) is 0 Å². The predicted molar refractivity (Wildman–Crippen MR) is 22.6 cm³/mol. The van der Waals surface area contributed by atoms with Gasteiger partial charge in [-0.3, -0.25) is 0 Å². The Bertz CT molecular complexity index is 172. The van der Waals surface area contributed by atoms with Crippen LogP contribution in [0.25, 0.3) is 0 Å². The van der Waals surface area contributed by atoms with Crippen molar-refractivity contribution >= 4 is 12.1 Å². The summed E-state index contributed by atoms with van der Waals surface area (Å²) in [7, 11) is 0. The van der Waals surface area contributed by atoms with E-state index < -0.39 is 18.2 Å². The van der Waals surface area contributed by atoms with E-state index in [1.165, 1.54) is 0 Å². The number of alkyl halides is 3. The first-order chi connectivity index (χ1) is 4.34. The molecule has 1 amide bonds. The van der Waals surface area contributed by atoms with Crippen LogP contribution in [-0.2, 0) is 0 Å². The highest BCUT2D eigenvalue weighted by molar-refractivity contribution is 5.89. The van der Waals surface area contributed by atoms with Crippen molar-refractivity contribution < 1.29 is 27.5 Å². The third-order valence-corrected chi connectivity index (χ3v) is 0.428. The van der Waals surface area contributed by atoms with Crippen molar-refractivity contribution in [2.75, 3.05) is 0 Å². The lowest BCUT2D eigenvalue weighted by molar-refractivity contribution is -0.0674. The van der Waals surface area contributed by atoms with E-state index in [9.17, 15) is 22.4 Å². The molecule has 1 N–H and O–H groups in total. The third kappa shape index (κ3) is 3.00. The zero-order chi connectivity index (χ0) is 8.36. The monoisotopic (exact) mass is 159 g/mol. The van der Waals surface area contributed by atoms with Gasteiger partial charge in [-0.1, -0.05) is 0 Å². The van der Waals surface area contributed by atoms with Crippen molar-refractivity contribution in [3.05, 3.63) is 0 Å². The van der Waals surface area contributed by atoms with Gasteiger partial charge in [0.05, 0.1) is 0 Å². The quantitative estimate of drug-likeness (QED) is 0.431. The highest BCUT2D eigenvalue weighted by Gasteiger charge is 2.37. The summed E-state index contributed by atoms with van der Waals surface area (Å²) in [6.07, 6.45) is -7.52. The molecule has 10 heavy (non-hydrogen) atoms. The summed E-state index contributed by atoms with van der Waals surface area (Å²) >= 11 is 0. The van der Waals surface area contributed by atoms with E-state index in [0.717, 1.165) is 0 Å². The number of carboxylic acid groups (broad SMARTS) is 1. The fourth-order valence-corrected chi connectivity index (χ4v) is 0.147. The molecule has 3 nitrogen and oxygen atoms in total. The summed E-state index contributed by atoms with van der Waals surface area (Å²) in [5.41, 5.74) is 0. The maximum absolute atomic E-state index is 11.4. The summed E-state index contributed by atoms with van der Waals surface area (Å²) in [6, 6.07) is 0. The summed E-state index contributed by atoms with van der Waals surface area (Å²) < 4.78 is 44.5. The van der Waals surface area contributed by atoms with E-state index in [2.05, 4.69) is 0 Å². The number of hydrogen-bond donors (Lipinski definition) is 1. The van der Waals surface area contributed by atoms with Crippen LogP contribution in [0.4, 0.5) is 22.4 Å². The molecule has 0 rings (SSSR count). The molecule has 0 radical (unpaired) electrons. The van der Waals surface area contributed by atoms with Crippen LogP contribution in [0, 0.1) is 0 Å². The number of rotatable bonds is 0. The minimum atomic E-state index is -5.31. The molecular weight excluding hydrogens is 158 g/mol. The van der Waals surface area contributed by atoms with Crippen LogP contribution in [0.3, 0.4) is 0 Å². The van der Waals surface area contributed by atoms with Crippen LogP contribution in [0.5, 0.6) is 0 Å². The molecule has 0 aliphatic rings. The summed E-state index contributed by atoms with van der Waals surface area (Å²) in [6.45, 7) is 0. The maximum Gasteiger partial charge on any atom is 0.461 e. The Hall–Kier alpha value is -1.14. The number of nitrogens with zero attached hydrogens (tertiary/aromatic N) is 1. The Morgan fingerprint density at radius 1 is 1.40 bits per heavy atom. The molecular formula is C3HF4NO2.